The van der Waals surface area contributed by atoms with Crippen molar-refractivity contribution < 1.29 is 0 Å². The lowest BCUT2D eigenvalue weighted by Crippen LogP contribution is -2.08. The van der Waals surface area contributed by atoms with Crippen molar-refractivity contribution in [3.05, 3.63) is 102 Å². The fourth-order valence-corrected chi connectivity index (χ4v) is 3.54. The van der Waals surface area contributed by atoms with Gasteiger partial charge in [0.2, 0.25) is 0 Å². The van der Waals surface area contributed by atoms with Crippen LogP contribution < -0.4 is 5.43 Å². The quantitative estimate of drug-likeness (QED) is 0.407. The highest BCUT2D eigenvalue weighted by Crippen LogP contribution is 2.27. The number of anilines is 1. The van der Waals surface area contributed by atoms with E-state index in [1.54, 1.807) is 0 Å². The largest absolute Gasteiger partial charge is 0.278 e. The third-order valence-electron chi connectivity index (χ3n) is 5.16. The van der Waals surface area contributed by atoms with E-state index in [2.05, 4.69) is 98.2 Å². The standard InChI is InChI=1S/C25H24N2/c1-18-14-20(15-19(18)2)16-25(22-9-4-3-5-10-22)27-26-24-13-12-21-8-6-7-11-23(21)17-24/h3-15,17,20,26H,16H2,1-2H3. The summed E-state index contributed by atoms with van der Waals surface area (Å²) >= 11 is 0. The number of hydrogen-bond acceptors (Lipinski definition) is 2. The van der Waals surface area contributed by atoms with E-state index in [-0.39, 0.29) is 0 Å². The van der Waals surface area contributed by atoms with Gasteiger partial charge in [-0.3, -0.25) is 5.43 Å². The summed E-state index contributed by atoms with van der Waals surface area (Å²) in [4.78, 5) is 0. The van der Waals surface area contributed by atoms with Crippen LogP contribution in [0.1, 0.15) is 25.8 Å². The maximum Gasteiger partial charge on any atom is 0.0688 e. The number of rotatable bonds is 5. The minimum absolute atomic E-state index is 0.405. The molecule has 0 spiro atoms. The van der Waals surface area contributed by atoms with E-state index in [1.165, 1.54) is 21.9 Å². The number of nitrogens with one attached hydrogen (secondary N) is 1. The molecule has 0 amide bonds. The van der Waals surface area contributed by atoms with E-state index < -0.39 is 0 Å². The van der Waals surface area contributed by atoms with Crippen LogP contribution in [0.15, 0.2) is 101 Å². The van der Waals surface area contributed by atoms with Crippen molar-refractivity contribution in [2.45, 2.75) is 20.3 Å². The molecule has 0 aliphatic heterocycles. The molecule has 134 valence electrons. The van der Waals surface area contributed by atoms with E-state index in [4.69, 9.17) is 5.10 Å². The average Bonchev–Trinajstić information content (AvgIpc) is 3.02. The Morgan fingerprint density at radius 1 is 0.815 bits per heavy atom. The summed E-state index contributed by atoms with van der Waals surface area (Å²) in [6.45, 7) is 4.36. The summed E-state index contributed by atoms with van der Waals surface area (Å²) in [5.74, 6) is 0.405. The molecule has 4 rings (SSSR count). The Morgan fingerprint density at radius 2 is 1.48 bits per heavy atom. The number of benzene rings is 3. The van der Waals surface area contributed by atoms with Gasteiger partial charge in [-0.2, -0.15) is 5.10 Å². The maximum absolute atomic E-state index is 4.79. The molecule has 0 saturated carbocycles. The molecular weight excluding hydrogens is 328 g/mol. The van der Waals surface area contributed by atoms with Gasteiger partial charge < -0.3 is 0 Å². The molecule has 0 heterocycles. The fourth-order valence-electron chi connectivity index (χ4n) is 3.54. The van der Waals surface area contributed by atoms with Crippen molar-refractivity contribution in [3.8, 4) is 0 Å². The van der Waals surface area contributed by atoms with E-state index in [9.17, 15) is 0 Å². The molecule has 0 aromatic heterocycles. The number of fused-ring (bicyclic) bond motifs is 1. The number of nitrogens with zero attached hydrogens (tertiary/aromatic N) is 1. The van der Waals surface area contributed by atoms with Gasteiger partial charge in [0.05, 0.1) is 11.4 Å². The van der Waals surface area contributed by atoms with Crippen LogP contribution in [0.25, 0.3) is 10.8 Å². The third-order valence-corrected chi connectivity index (χ3v) is 5.16. The van der Waals surface area contributed by atoms with Crippen LogP contribution in [-0.2, 0) is 0 Å². The first kappa shape index (κ1) is 17.3. The van der Waals surface area contributed by atoms with Gasteiger partial charge in [0.25, 0.3) is 0 Å². The molecule has 1 aliphatic rings. The molecule has 3 aromatic rings. The van der Waals surface area contributed by atoms with E-state index >= 15 is 0 Å². The Bertz CT molecular complexity index is 1020. The molecule has 2 heteroatoms. The number of allylic oxidation sites excluding steroid dienone is 4. The summed E-state index contributed by atoms with van der Waals surface area (Å²) in [6.07, 6.45) is 5.56. The molecule has 1 N–H and O–H groups in total. The monoisotopic (exact) mass is 352 g/mol. The lowest BCUT2D eigenvalue weighted by molar-refractivity contribution is 0.868. The Hall–Kier alpha value is -3.13. The molecule has 1 aliphatic carbocycles. The zero-order chi connectivity index (χ0) is 18.6. The maximum atomic E-state index is 4.79. The molecule has 27 heavy (non-hydrogen) atoms. The van der Waals surface area contributed by atoms with Gasteiger partial charge in [-0.05, 0) is 42.3 Å². The topological polar surface area (TPSA) is 24.4 Å². The first-order valence-corrected chi connectivity index (χ1v) is 9.43. The normalized spacial score (nSPS) is 15.0. The summed E-state index contributed by atoms with van der Waals surface area (Å²) < 4.78 is 0. The highest BCUT2D eigenvalue weighted by atomic mass is 15.3. The van der Waals surface area contributed by atoms with Crippen LogP contribution in [0.3, 0.4) is 0 Å². The molecule has 0 atom stereocenters. The van der Waals surface area contributed by atoms with Gasteiger partial charge in [-0.15, -0.1) is 0 Å². The van der Waals surface area contributed by atoms with Gasteiger partial charge in [0.15, 0.2) is 0 Å². The molecule has 0 bridgehead atoms. The van der Waals surface area contributed by atoms with Crippen molar-refractivity contribution in [2.24, 2.45) is 11.0 Å². The molecule has 0 unspecified atom stereocenters. The van der Waals surface area contributed by atoms with E-state index in [0.717, 1.165) is 23.4 Å². The predicted molar refractivity (Wildman–Crippen MR) is 116 cm³/mol. The summed E-state index contributed by atoms with van der Waals surface area (Å²) in [6, 6.07) is 25.2. The first-order valence-electron chi connectivity index (χ1n) is 9.43. The van der Waals surface area contributed by atoms with Crippen LogP contribution in [-0.4, -0.2) is 5.71 Å². The summed E-state index contributed by atoms with van der Waals surface area (Å²) in [7, 11) is 0. The van der Waals surface area contributed by atoms with Gasteiger partial charge >= 0.3 is 0 Å². The second-order valence-corrected chi connectivity index (χ2v) is 7.17. The Labute approximate surface area is 160 Å². The predicted octanol–water partition coefficient (Wildman–Crippen LogP) is 6.57. The number of hydrogen-bond donors (Lipinski definition) is 1. The van der Waals surface area contributed by atoms with E-state index in [0.29, 0.717) is 5.92 Å². The fraction of sp³-hybridized carbons (Fsp3) is 0.160. The average molecular weight is 352 g/mol. The third kappa shape index (κ3) is 4.01. The first-order chi connectivity index (χ1) is 13.2. The smallest absolute Gasteiger partial charge is 0.0688 e. The van der Waals surface area contributed by atoms with Gasteiger partial charge in [-0.25, -0.2) is 0 Å². The van der Waals surface area contributed by atoms with Crippen LogP contribution in [0.4, 0.5) is 5.69 Å². The molecule has 3 aromatic carbocycles. The SMILES string of the molecule is CC1=CC(CC(=NNc2ccc3ccccc3c2)c2ccccc2)C=C1C. The van der Waals surface area contributed by atoms with Crippen LogP contribution in [0, 0.1) is 5.92 Å². The lowest BCUT2D eigenvalue weighted by atomic mass is 9.98. The minimum Gasteiger partial charge on any atom is -0.278 e. The molecule has 0 saturated heterocycles. The van der Waals surface area contributed by atoms with Gasteiger partial charge in [-0.1, -0.05) is 84.0 Å². The summed E-state index contributed by atoms with van der Waals surface area (Å²) in [5.41, 5.74) is 9.26. The second kappa shape index (κ2) is 7.63. The van der Waals surface area contributed by atoms with Crippen molar-refractivity contribution in [1.29, 1.82) is 0 Å². The zero-order valence-electron chi connectivity index (χ0n) is 15.8. The van der Waals surface area contributed by atoms with Gasteiger partial charge in [0.1, 0.15) is 0 Å². The van der Waals surface area contributed by atoms with Crippen molar-refractivity contribution in [1.82, 2.24) is 0 Å². The highest BCUT2D eigenvalue weighted by Gasteiger charge is 2.15. The zero-order valence-corrected chi connectivity index (χ0v) is 15.8. The highest BCUT2D eigenvalue weighted by molar-refractivity contribution is 6.01. The lowest BCUT2D eigenvalue weighted by Gasteiger charge is -2.11. The minimum atomic E-state index is 0.405. The van der Waals surface area contributed by atoms with Gasteiger partial charge in [0, 0.05) is 12.3 Å². The van der Waals surface area contributed by atoms with Crippen LogP contribution in [0.5, 0.6) is 0 Å². The second-order valence-electron chi connectivity index (χ2n) is 7.17. The molecule has 2 nitrogen and oxygen atoms in total. The van der Waals surface area contributed by atoms with Crippen LogP contribution >= 0.6 is 0 Å². The van der Waals surface area contributed by atoms with Crippen molar-refractivity contribution in [3.63, 3.8) is 0 Å². The Kier molecular flexibility index (Phi) is 4.88. The van der Waals surface area contributed by atoms with E-state index in [1.807, 2.05) is 6.07 Å². The van der Waals surface area contributed by atoms with Crippen molar-refractivity contribution in [2.75, 3.05) is 5.43 Å². The van der Waals surface area contributed by atoms with Crippen LogP contribution in [0.2, 0.25) is 0 Å². The molecular formula is C25H24N2. The molecule has 0 radical (unpaired) electrons. The Balaban J connectivity index is 1.61. The summed E-state index contributed by atoms with van der Waals surface area (Å²) in [5, 5.41) is 7.25. The molecule has 0 fully saturated rings. The van der Waals surface area contributed by atoms with Crippen molar-refractivity contribution >= 4 is 22.2 Å². The number of hydrazone groups is 1. The Morgan fingerprint density at radius 3 is 2.22 bits per heavy atom.